The SMILES string of the molecule is CCC(CNC(=O)c1ccc(NS(=O)(=O)c2cccs2)cc1)N1CCc2ccccc2C1. The first-order valence-corrected chi connectivity index (χ1v) is 13.1. The molecule has 0 radical (unpaired) electrons. The van der Waals surface area contributed by atoms with Gasteiger partial charge in [0.05, 0.1) is 0 Å². The van der Waals surface area contributed by atoms with Gasteiger partial charge in [0, 0.05) is 36.9 Å². The number of rotatable bonds is 8. The topological polar surface area (TPSA) is 78.5 Å². The molecule has 1 atom stereocenters. The van der Waals surface area contributed by atoms with Gasteiger partial charge in [-0.05, 0) is 59.7 Å². The lowest BCUT2D eigenvalue weighted by atomic mass is 9.98. The van der Waals surface area contributed by atoms with Crippen molar-refractivity contribution in [1.29, 1.82) is 0 Å². The molecule has 0 saturated heterocycles. The number of anilines is 1. The predicted molar refractivity (Wildman–Crippen MR) is 129 cm³/mol. The van der Waals surface area contributed by atoms with E-state index in [0.717, 1.165) is 37.3 Å². The van der Waals surface area contributed by atoms with Crippen LogP contribution in [0.4, 0.5) is 5.69 Å². The number of amides is 1. The van der Waals surface area contributed by atoms with Crippen molar-refractivity contribution >= 4 is 33.0 Å². The summed E-state index contributed by atoms with van der Waals surface area (Å²) >= 11 is 1.16. The maximum atomic E-state index is 12.7. The van der Waals surface area contributed by atoms with E-state index in [9.17, 15) is 13.2 Å². The van der Waals surface area contributed by atoms with Crippen LogP contribution in [0.3, 0.4) is 0 Å². The highest BCUT2D eigenvalue weighted by Gasteiger charge is 2.23. The van der Waals surface area contributed by atoms with Gasteiger partial charge in [-0.15, -0.1) is 11.3 Å². The number of thiophene rings is 1. The molecule has 3 aromatic rings. The van der Waals surface area contributed by atoms with E-state index in [1.54, 1.807) is 41.8 Å². The molecule has 1 aliphatic rings. The quantitative estimate of drug-likeness (QED) is 0.520. The molecule has 0 saturated carbocycles. The first-order valence-electron chi connectivity index (χ1n) is 10.7. The summed E-state index contributed by atoms with van der Waals surface area (Å²) in [6.45, 7) is 4.62. The first kappa shape index (κ1) is 22.5. The van der Waals surface area contributed by atoms with Gasteiger partial charge in [-0.25, -0.2) is 8.42 Å². The van der Waals surface area contributed by atoms with Crippen molar-refractivity contribution in [3.8, 4) is 0 Å². The molecular formula is C24H27N3O3S2. The zero-order chi connectivity index (χ0) is 22.6. The molecule has 2 heterocycles. The third kappa shape index (κ3) is 5.20. The second-order valence-electron chi connectivity index (χ2n) is 7.88. The molecule has 0 fully saturated rings. The van der Waals surface area contributed by atoms with Gasteiger partial charge in [-0.3, -0.25) is 14.4 Å². The molecule has 2 aromatic carbocycles. The summed E-state index contributed by atoms with van der Waals surface area (Å²) in [5, 5.41) is 4.76. The minimum Gasteiger partial charge on any atom is -0.350 e. The van der Waals surface area contributed by atoms with Crippen LogP contribution in [0.15, 0.2) is 70.3 Å². The number of carbonyl (C=O) groups excluding carboxylic acids is 1. The molecule has 1 unspecified atom stereocenters. The fourth-order valence-electron chi connectivity index (χ4n) is 3.98. The summed E-state index contributed by atoms with van der Waals surface area (Å²) in [7, 11) is -3.60. The minimum atomic E-state index is -3.60. The molecule has 8 heteroatoms. The van der Waals surface area contributed by atoms with Crippen LogP contribution >= 0.6 is 11.3 Å². The maximum Gasteiger partial charge on any atom is 0.271 e. The zero-order valence-electron chi connectivity index (χ0n) is 18.0. The molecule has 1 aromatic heterocycles. The van der Waals surface area contributed by atoms with Gasteiger partial charge in [-0.2, -0.15) is 0 Å². The first-order chi connectivity index (χ1) is 15.5. The van der Waals surface area contributed by atoms with Crippen molar-refractivity contribution in [2.45, 2.75) is 36.6 Å². The van der Waals surface area contributed by atoms with E-state index in [-0.39, 0.29) is 16.2 Å². The van der Waals surface area contributed by atoms with Crippen LogP contribution < -0.4 is 10.0 Å². The lowest BCUT2D eigenvalue weighted by molar-refractivity contribution is 0.0926. The van der Waals surface area contributed by atoms with E-state index in [2.05, 4.69) is 46.1 Å². The zero-order valence-corrected chi connectivity index (χ0v) is 19.6. The molecular weight excluding hydrogens is 442 g/mol. The second kappa shape index (κ2) is 9.85. The van der Waals surface area contributed by atoms with E-state index in [1.807, 2.05) is 0 Å². The Morgan fingerprint density at radius 1 is 1.06 bits per heavy atom. The van der Waals surface area contributed by atoms with Crippen molar-refractivity contribution in [3.05, 3.63) is 82.7 Å². The van der Waals surface area contributed by atoms with E-state index in [4.69, 9.17) is 0 Å². The number of nitrogens with zero attached hydrogens (tertiary/aromatic N) is 1. The summed E-state index contributed by atoms with van der Waals surface area (Å²) < 4.78 is 27.5. The smallest absolute Gasteiger partial charge is 0.271 e. The third-order valence-electron chi connectivity index (χ3n) is 5.81. The Balaban J connectivity index is 1.33. The van der Waals surface area contributed by atoms with Gasteiger partial charge in [0.25, 0.3) is 15.9 Å². The van der Waals surface area contributed by atoms with Gasteiger partial charge >= 0.3 is 0 Å². The Labute approximate surface area is 193 Å². The second-order valence-corrected chi connectivity index (χ2v) is 10.7. The van der Waals surface area contributed by atoms with Gasteiger partial charge in [0.1, 0.15) is 4.21 Å². The fraction of sp³-hybridized carbons (Fsp3) is 0.292. The number of nitrogens with one attached hydrogen (secondary N) is 2. The molecule has 168 valence electrons. The van der Waals surface area contributed by atoms with Crippen molar-refractivity contribution in [2.24, 2.45) is 0 Å². The summed E-state index contributed by atoms with van der Waals surface area (Å²) in [5.41, 5.74) is 3.71. The molecule has 2 N–H and O–H groups in total. The Morgan fingerprint density at radius 3 is 2.50 bits per heavy atom. The van der Waals surface area contributed by atoms with Crippen LogP contribution in [0.1, 0.15) is 34.8 Å². The average molecular weight is 470 g/mol. The minimum absolute atomic E-state index is 0.159. The monoisotopic (exact) mass is 469 g/mol. The Bertz CT molecular complexity index is 1160. The lowest BCUT2D eigenvalue weighted by Gasteiger charge is -2.35. The highest BCUT2D eigenvalue weighted by molar-refractivity contribution is 7.94. The summed E-state index contributed by atoms with van der Waals surface area (Å²) in [4.78, 5) is 15.1. The largest absolute Gasteiger partial charge is 0.350 e. The molecule has 0 spiro atoms. The summed E-state index contributed by atoms with van der Waals surface area (Å²) in [6, 6.07) is 18.6. The van der Waals surface area contributed by atoms with Crippen molar-refractivity contribution in [3.63, 3.8) is 0 Å². The average Bonchev–Trinajstić information content (AvgIpc) is 3.36. The number of fused-ring (bicyclic) bond motifs is 1. The van der Waals surface area contributed by atoms with Gasteiger partial charge in [0.2, 0.25) is 0 Å². The summed E-state index contributed by atoms with van der Waals surface area (Å²) in [5.74, 6) is -0.159. The van der Waals surface area contributed by atoms with E-state index in [1.165, 1.54) is 11.1 Å². The predicted octanol–water partition coefficient (Wildman–Crippen LogP) is 4.12. The van der Waals surface area contributed by atoms with Crippen molar-refractivity contribution < 1.29 is 13.2 Å². The molecule has 1 aliphatic heterocycles. The number of hydrogen-bond donors (Lipinski definition) is 2. The van der Waals surface area contributed by atoms with Crippen LogP contribution in [0.25, 0.3) is 0 Å². The molecule has 6 nitrogen and oxygen atoms in total. The normalized spacial score (nSPS) is 15.0. The van der Waals surface area contributed by atoms with Crippen molar-refractivity contribution in [1.82, 2.24) is 10.2 Å². The molecule has 32 heavy (non-hydrogen) atoms. The molecule has 4 rings (SSSR count). The maximum absolute atomic E-state index is 12.7. The number of hydrogen-bond acceptors (Lipinski definition) is 5. The number of benzene rings is 2. The van der Waals surface area contributed by atoms with Crippen LogP contribution in [0.5, 0.6) is 0 Å². The number of carbonyl (C=O) groups is 1. The third-order valence-corrected chi connectivity index (χ3v) is 8.58. The van der Waals surface area contributed by atoms with E-state index < -0.39 is 10.0 Å². The standard InChI is InChI=1S/C24H27N3O3S2/c1-2-22(27-14-13-18-6-3-4-7-20(18)17-27)16-25-24(28)19-9-11-21(12-10-19)26-32(29,30)23-8-5-15-31-23/h3-12,15,22,26H,2,13-14,16-17H2,1H3,(H,25,28). The van der Waals surface area contributed by atoms with E-state index >= 15 is 0 Å². The Kier molecular flexibility index (Phi) is 6.93. The molecule has 1 amide bonds. The van der Waals surface area contributed by atoms with Gasteiger partial charge in [0.15, 0.2) is 0 Å². The lowest BCUT2D eigenvalue weighted by Crippen LogP contribution is -2.45. The van der Waals surface area contributed by atoms with Crippen LogP contribution in [0, 0.1) is 0 Å². The fourth-order valence-corrected chi connectivity index (χ4v) is 6.04. The van der Waals surface area contributed by atoms with Crippen LogP contribution in [0.2, 0.25) is 0 Å². The van der Waals surface area contributed by atoms with Gasteiger partial charge in [-0.1, -0.05) is 37.3 Å². The number of sulfonamides is 1. The highest BCUT2D eigenvalue weighted by atomic mass is 32.2. The van der Waals surface area contributed by atoms with Gasteiger partial charge < -0.3 is 5.32 Å². The van der Waals surface area contributed by atoms with Crippen LogP contribution in [-0.4, -0.2) is 38.4 Å². The highest BCUT2D eigenvalue weighted by Crippen LogP contribution is 2.22. The van der Waals surface area contributed by atoms with Crippen LogP contribution in [-0.2, 0) is 23.0 Å². The molecule has 0 bridgehead atoms. The van der Waals surface area contributed by atoms with Crippen molar-refractivity contribution in [2.75, 3.05) is 17.8 Å². The summed E-state index contributed by atoms with van der Waals surface area (Å²) in [6.07, 6.45) is 1.98. The Morgan fingerprint density at radius 2 is 1.81 bits per heavy atom. The van der Waals surface area contributed by atoms with E-state index in [0.29, 0.717) is 17.8 Å². The Hall–Kier alpha value is -2.68. The molecule has 0 aliphatic carbocycles.